The van der Waals surface area contributed by atoms with Crippen LogP contribution in [0.15, 0.2) is 66.7 Å². The third-order valence-electron chi connectivity index (χ3n) is 6.81. The average molecular weight is 538 g/mol. The van der Waals surface area contributed by atoms with E-state index in [9.17, 15) is 23.5 Å². The second kappa shape index (κ2) is 12.8. The number of hydrogen-bond acceptors (Lipinski definition) is 5. The van der Waals surface area contributed by atoms with E-state index in [1.807, 2.05) is 43.3 Å². The Bertz CT molecular complexity index is 1300. The van der Waals surface area contributed by atoms with Crippen molar-refractivity contribution in [3.8, 4) is 5.75 Å². The van der Waals surface area contributed by atoms with Crippen LogP contribution in [0, 0.1) is 11.6 Å². The molecular weight excluding hydrogens is 504 g/mol. The SMILES string of the molecule is CCc1cccc(CN(C[C@@H](O)[C@@H](N)Cc2cc(F)cc(F)c2)C(=O)CCN2Cc3ccccc3OC2=O)c1. The maximum atomic E-state index is 13.6. The van der Waals surface area contributed by atoms with Crippen LogP contribution in [0.2, 0.25) is 0 Å². The van der Waals surface area contributed by atoms with Gasteiger partial charge in [0.2, 0.25) is 5.91 Å². The molecule has 206 valence electrons. The van der Waals surface area contributed by atoms with E-state index in [4.69, 9.17) is 10.5 Å². The van der Waals surface area contributed by atoms with Gasteiger partial charge in [0.1, 0.15) is 17.4 Å². The summed E-state index contributed by atoms with van der Waals surface area (Å²) in [5, 5.41) is 10.9. The van der Waals surface area contributed by atoms with Crippen LogP contribution in [0.3, 0.4) is 0 Å². The number of aryl methyl sites for hydroxylation is 1. The number of aliphatic hydroxyl groups excluding tert-OH is 1. The number of carbonyl (C=O) groups excluding carboxylic acids is 2. The smallest absolute Gasteiger partial charge is 0.410 e. The third kappa shape index (κ3) is 7.61. The van der Waals surface area contributed by atoms with Crippen LogP contribution in [0.25, 0.3) is 0 Å². The van der Waals surface area contributed by atoms with Gasteiger partial charge in [-0.25, -0.2) is 13.6 Å². The predicted octanol–water partition coefficient (Wildman–Crippen LogP) is 4.19. The van der Waals surface area contributed by atoms with Crippen molar-refractivity contribution >= 4 is 12.0 Å². The highest BCUT2D eigenvalue weighted by Gasteiger charge is 2.27. The van der Waals surface area contributed by atoms with E-state index in [0.29, 0.717) is 17.9 Å². The number of nitrogens with zero attached hydrogens (tertiary/aromatic N) is 2. The normalized spacial score (nSPS) is 14.4. The fraction of sp³-hybridized carbons (Fsp3) is 0.333. The van der Waals surface area contributed by atoms with E-state index in [2.05, 4.69) is 0 Å². The fourth-order valence-electron chi connectivity index (χ4n) is 4.64. The highest BCUT2D eigenvalue weighted by molar-refractivity contribution is 5.78. The third-order valence-corrected chi connectivity index (χ3v) is 6.81. The Kier molecular flexibility index (Phi) is 9.27. The molecule has 0 aliphatic carbocycles. The topological polar surface area (TPSA) is 96.1 Å². The number of amides is 2. The number of halogens is 2. The number of fused-ring (bicyclic) bond motifs is 1. The number of ether oxygens (including phenoxy) is 1. The molecule has 0 radical (unpaired) electrons. The van der Waals surface area contributed by atoms with E-state index in [1.54, 1.807) is 12.1 Å². The van der Waals surface area contributed by atoms with Crippen molar-refractivity contribution in [1.29, 1.82) is 0 Å². The van der Waals surface area contributed by atoms with Crippen LogP contribution < -0.4 is 10.5 Å². The molecule has 4 rings (SSSR count). The zero-order valence-corrected chi connectivity index (χ0v) is 21.9. The van der Waals surface area contributed by atoms with Crippen LogP contribution in [0.4, 0.5) is 13.6 Å². The highest BCUT2D eigenvalue weighted by atomic mass is 19.1. The molecule has 0 bridgehead atoms. The van der Waals surface area contributed by atoms with Gasteiger partial charge in [-0.2, -0.15) is 0 Å². The lowest BCUT2D eigenvalue weighted by Crippen LogP contribution is -2.47. The summed E-state index contributed by atoms with van der Waals surface area (Å²) in [7, 11) is 0. The Balaban J connectivity index is 1.44. The van der Waals surface area contributed by atoms with E-state index in [0.717, 1.165) is 29.2 Å². The number of para-hydroxylation sites is 1. The van der Waals surface area contributed by atoms with Gasteiger partial charge in [0.25, 0.3) is 0 Å². The number of carbonyl (C=O) groups is 2. The van der Waals surface area contributed by atoms with Crippen molar-refractivity contribution in [2.45, 2.75) is 51.4 Å². The first-order valence-corrected chi connectivity index (χ1v) is 13.0. The van der Waals surface area contributed by atoms with Gasteiger partial charge in [-0.3, -0.25) is 4.79 Å². The number of rotatable bonds is 11. The van der Waals surface area contributed by atoms with Gasteiger partial charge < -0.3 is 25.4 Å². The zero-order valence-electron chi connectivity index (χ0n) is 21.9. The van der Waals surface area contributed by atoms with Gasteiger partial charge >= 0.3 is 6.09 Å². The minimum Gasteiger partial charge on any atom is -0.410 e. The standard InChI is InChI=1S/C30H33F2N3O4/c1-2-20-6-5-7-21(12-20)17-35(19-27(36)26(33)15-22-13-24(31)16-25(32)14-22)29(37)10-11-34-18-23-8-3-4-9-28(23)39-30(34)38/h3-9,12-14,16,26-27,36H,2,10-11,15,17-19,33H2,1H3/t26-,27+/m0/s1. The van der Waals surface area contributed by atoms with Crippen LogP contribution in [-0.4, -0.2) is 52.1 Å². The van der Waals surface area contributed by atoms with Crippen molar-refractivity contribution in [2.24, 2.45) is 5.73 Å². The summed E-state index contributed by atoms with van der Waals surface area (Å²) in [5.41, 5.74) is 9.36. The average Bonchev–Trinajstić information content (AvgIpc) is 2.90. The highest BCUT2D eigenvalue weighted by Crippen LogP contribution is 2.25. The van der Waals surface area contributed by atoms with Crippen LogP contribution in [0.1, 0.15) is 35.6 Å². The minimum atomic E-state index is -1.15. The Morgan fingerprint density at radius 1 is 1.05 bits per heavy atom. The maximum absolute atomic E-state index is 13.6. The molecule has 39 heavy (non-hydrogen) atoms. The minimum absolute atomic E-state index is 0.0157. The Morgan fingerprint density at radius 2 is 1.77 bits per heavy atom. The maximum Gasteiger partial charge on any atom is 0.415 e. The van der Waals surface area contributed by atoms with Crippen molar-refractivity contribution in [2.75, 3.05) is 13.1 Å². The first kappa shape index (κ1) is 28.2. The molecule has 2 atom stereocenters. The monoisotopic (exact) mass is 537 g/mol. The molecule has 1 aliphatic heterocycles. The summed E-state index contributed by atoms with van der Waals surface area (Å²) in [6, 6.07) is 17.3. The first-order chi connectivity index (χ1) is 18.7. The van der Waals surface area contributed by atoms with E-state index in [-0.39, 0.29) is 38.4 Å². The molecule has 1 heterocycles. The summed E-state index contributed by atoms with van der Waals surface area (Å²) < 4.78 is 32.6. The number of aliphatic hydroxyl groups is 1. The van der Waals surface area contributed by atoms with E-state index in [1.165, 1.54) is 21.9 Å². The van der Waals surface area contributed by atoms with Gasteiger partial charge in [-0.1, -0.05) is 49.4 Å². The van der Waals surface area contributed by atoms with Crippen molar-refractivity contribution in [1.82, 2.24) is 9.80 Å². The summed E-state index contributed by atoms with van der Waals surface area (Å²) in [6.07, 6.45) is -0.795. The largest absolute Gasteiger partial charge is 0.415 e. The fourth-order valence-corrected chi connectivity index (χ4v) is 4.64. The molecule has 0 spiro atoms. The summed E-state index contributed by atoms with van der Waals surface area (Å²) >= 11 is 0. The lowest BCUT2D eigenvalue weighted by molar-refractivity contribution is -0.133. The summed E-state index contributed by atoms with van der Waals surface area (Å²) in [5.74, 6) is -1.21. The lowest BCUT2D eigenvalue weighted by Gasteiger charge is -2.31. The van der Waals surface area contributed by atoms with E-state index < -0.39 is 29.9 Å². The van der Waals surface area contributed by atoms with Crippen LogP contribution in [-0.2, 0) is 30.7 Å². The second-order valence-corrected chi connectivity index (χ2v) is 9.81. The lowest BCUT2D eigenvalue weighted by atomic mass is 10.0. The summed E-state index contributed by atoms with van der Waals surface area (Å²) in [4.78, 5) is 28.8. The molecule has 3 aromatic rings. The molecule has 0 unspecified atom stereocenters. The molecule has 0 aromatic heterocycles. The molecule has 0 saturated carbocycles. The number of nitrogens with two attached hydrogens (primary N) is 1. The Hall–Kier alpha value is -3.82. The quantitative estimate of drug-likeness (QED) is 0.383. The van der Waals surface area contributed by atoms with Gasteiger partial charge in [-0.05, 0) is 47.7 Å². The van der Waals surface area contributed by atoms with E-state index >= 15 is 0 Å². The molecule has 9 heteroatoms. The van der Waals surface area contributed by atoms with Gasteiger partial charge in [0.15, 0.2) is 0 Å². The Labute approximate surface area is 226 Å². The van der Waals surface area contributed by atoms with Crippen LogP contribution >= 0.6 is 0 Å². The van der Waals surface area contributed by atoms with Gasteiger partial charge in [-0.15, -0.1) is 0 Å². The van der Waals surface area contributed by atoms with Crippen molar-refractivity contribution < 1.29 is 28.2 Å². The van der Waals surface area contributed by atoms with Crippen LogP contribution in [0.5, 0.6) is 5.75 Å². The predicted molar refractivity (Wildman–Crippen MR) is 143 cm³/mol. The van der Waals surface area contributed by atoms with Crippen molar-refractivity contribution in [3.05, 3.63) is 101 Å². The number of hydrogen-bond donors (Lipinski definition) is 2. The van der Waals surface area contributed by atoms with Crippen molar-refractivity contribution in [3.63, 3.8) is 0 Å². The van der Waals surface area contributed by atoms with Gasteiger partial charge in [0.05, 0.1) is 12.6 Å². The molecule has 0 fully saturated rings. The molecule has 2 amide bonds. The summed E-state index contributed by atoms with van der Waals surface area (Å²) in [6.45, 7) is 2.66. The second-order valence-electron chi connectivity index (χ2n) is 9.81. The van der Waals surface area contributed by atoms with Gasteiger partial charge in [0, 0.05) is 43.7 Å². The molecule has 0 saturated heterocycles. The first-order valence-electron chi connectivity index (χ1n) is 13.0. The molecule has 7 nitrogen and oxygen atoms in total. The Morgan fingerprint density at radius 3 is 2.51 bits per heavy atom. The molecule has 3 aromatic carbocycles. The zero-order chi connectivity index (χ0) is 27.9. The molecule has 3 N–H and O–H groups in total. The molecule has 1 aliphatic rings. The number of benzene rings is 3. The molecular formula is C30H33F2N3O4.